The summed E-state index contributed by atoms with van der Waals surface area (Å²) in [6, 6.07) is 49.7. The number of hydrogen-bond donors (Lipinski definition) is 2. The maximum atomic E-state index is 10.5. The molecule has 0 saturated carbocycles. The van der Waals surface area contributed by atoms with Crippen molar-refractivity contribution >= 4 is 62.0 Å². The predicted octanol–water partition coefficient (Wildman–Crippen LogP) is 7.96. The summed E-state index contributed by atoms with van der Waals surface area (Å²) in [5.74, 6) is 0. The molecule has 0 fully saturated rings. The molecular weight excluding hydrogens is 489 g/mol. The second-order valence-electron chi connectivity index (χ2n) is 9.97. The minimum absolute atomic E-state index is 0.441. The van der Waals surface area contributed by atoms with Crippen LogP contribution in [0, 0.1) is 0 Å². The Labute approximate surface area is 233 Å². The molecule has 0 aromatic heterocycles. The van der Waals surface area contributed by atoms with Crippen molar-refractivity contribution in [3.63, 3.8) is 0 Å². The smallest absolute Gasteiger partial charge is 0.423 e. The van der Waals surface area contributed by atoms with E-state index in [0.717, 1.165) is 55.1 Å². The first-order valence-electron chi connectivity index (χ1n) is 13.4. The molecule has 190 valence electrons. The quantitative estimate of drug-likeness (QED) is 0.181. The molecule has 0 aliphatic heterocycles. The number of benzene rings is 7. The first-order valence-corrected chi connectivity index (χ1v) is 13.4. The number of fused-ring (bicyclic) bond motifs is 4. The Morgan fingerprint density at radius 1 is 0.425 bits per heavy atom. The van der Waals surface area contributed by atoms with E-state index in [1.54, 1.807) is 6.07 Å². The van der Waals surface area contributed by atoms with Crippen LogP contribution in [0.5, 0.6) is 0 Å². The van der Waals surface area contributed by atoms with Crippen molar-refractivity contribution in [2.75, 3.05) is 4.90 Å². The van der Waals surface area contributed by atoms with E-state index in [0.29, 0.717) is 5.46 Å². The molecule has 0 aliphatic carbocycles. The third kappa shape index (κ3) is 4.02. The predicted molar refractivity (Wildman–Crippen MR) is 169 cm³/mol. The molecule has 0 heterocycles. The fourth-order valence-corrected chi connectivity index (χ4v) is 5.87. The number of rotatable bonds is 5. The van der Waals surface area contributed by atoms with E-state index in [1.165, 1.54) is 5.39 Å². The molecule has 0 amide bonds. The largest absolute Gasteiger partial charge is 0.490 e. The maximum Gasteiger partial charge on any atom is 0.490 e. The van der Waals surface area contributed by atoms with Crippen molar-refractivity contribution in [2.24, 2.45) is 0 Å². The molecule has 7 rings (SSSR count). The lowest BCUT2D eigenvalue weighted by Crippen LogP contribution is -2.34. The molecule has 7 aromatic rings. The second kappa shape index (κ2) is 10.0. The average Bonchev–Trinajstić information content (AvgIpc) is 3.02. The van der Waals surface area contributed by atoms with Crippen LogP contribution >= 0.6 is 0 Å². The van der Waals surface area contributed by atoms with Gasteiger partial charge in [0.2, 0.25) is 0 Å². The highest BCUT2D eigenvalue weighted by atomic mass is 16.4. The molecule has 40 heavy (non-hydrogen) atoms. The van der Waals surface area contributed by atoms with Gasteiger partial charge in [0.1, 0.15) is 0 Å². The number of hydrogen-bond acceptors (Lipinski definition) is 3. The van der Waals surface area contributed by atoms with Gasteiger partial charge in [0.05, 0.1) is 11.4 Å². The van der Waals surface area contributed by atoms with Gasteiger partial charge in [-0.05, 0) is 50.9 Å². The molecule has 2 N–H and O–H groups in total. The topological polar surface area (TPSA) is 43.7 Å². The van der Waals surface area contributed by atoms with E-state index in [2.05, 4.69) is 120 Å². The van der Waals surface area contributed by atoms with Crippen LogP contribution in [0.1, 0.15) is 0 Å². The Hall–Kier alpha value is -4.90. The number of para-hydroxylation sites is 1. The van der Waals surface area contributed by atoms with E-state index in [1.807, 2.05) is 24.3 Å². The number of nitrogens with zero attached hydrogens (tertiary/aromatic N) is 1. The van der Waals surface area contributed by atoms with Crippen molar-refractivity contribution in [2.45, 2.75) is 0 Å². The van der Waals surface area contributed by atoms with Crippen molar-refractivity contribution in [1.82, 2.24) is 0 Å². The fourth-order valence-electron chi connectivity index (χ4n) is 5.87. The minimum atomic E-state index is -1.62. The van der Waals surface area contributed by atoms with E-state index in [4.69, 9.17) is 0 Å². The lowest BCUT2D eigenvalue weighted by Gasteiger charge is -2.31. The number of anilines is 3. The van der Waals surface area contributed by atoms with Gasteiger partial charge in [0.15, 0.2) is 0 Å². The van der Waals surface area contributed by atoms with Crippen molar-refractivity contribution in [1.29, 1.82) is 0 Å². The summed E-state index contributed by atoms with van der Waals surface area (Å²) in [5.41, 5.74) is 5.40. The highest BCUT2D eigenvalue weighted by Crippen LogP contribution is 2.45. The third-order valence-corrected chi connectivity index (χ3v) is 7.67. The Bertz CT molecular complexity index is 2000. The Kier molecular flexibility index (Phi) is 6.05. The zero-order valence-electron chi connectivity index (χ0n) is 21.8. The highest BCUT2D eigenvalue weighted by Gasteiger charge is 2.25. The first kappa shape index (κ1) is 24.2. The van der Waals surface area contributed by atoms with Crippen LogP contribution in [0.25, 0.3) is 43.4 Å². The summed E-state index contributed by atoms with van der Waals surface area (Å²) in [6.07, 6.45) is 0. The van der Waals surface area contributed by atoms with Gasteiger partial charge in [0.25, 0.3) is 0 Å². The van der Waals surface area contributed by atoms with Gasteiger partial charge in [-0.15, -0.1) is 0 Å². The summed E-state index contributed by atoms with van der Waals surface area (Å²) in [7, 11) is -1.62. The zero-order chi connectivity index (χ0) is 27.1. The normalized spacial score (nSPS) is 11.2. The molecule has 0 saturated heterocycles. The molecule has 3 nitrogen and oxygen atoms in total. The highest BCUT2D eigenvalue weighted by molar-refractivity contribution is 6.60. The van der Waals surface area contributed by atoms with Crippen molar-refractivity contribution < 1.29 is 10.0 Å². The van der Waals surface area contributed by atoms with Crippen LogP contribution < -0.4 is 10.4 Å². The van der Waals surface area contributed by atoms with Crippen LogP contribution in [-0.2, 0) is 0 Å². The molecule has 0 unspecified atom stereocenters. The molecule has 4 heteroatoms. The maximum absolute atomic E-state index is 10.5. The van der Waals surface area contributed by atoms with Crippen LogP contribution in [0.4, 0.5) is 17.1 Å². The molecule has 0 radical (unpaired) electrons. The summed E-state index contributed by atoms with van der Waals surface area (Å²) >= 11 is 0. The van der Waals surface area contributed by atoms with Gasteiger partial charge >= 0.3 is 7.12 Å². The van der Waals surface area contributed by atoms with Gasteiger partial charge < -0.3 is 14.9 Å². The third-order valence-electron chi connectivity index (χ3n) is 7.67. The molecule has 0 atom stereocenters. The van der Waals surface area contributed by atoms with Gasteiger partial charge in [-0.2, -0.15) is 0 Å². The van der Waals surface area contributed by atoms with Gasteiger partial charge in [-0.25, -0.2) is 0 Å². The Morgan fingerprint density at radius 2 is 1.00 bits per heavy atom. The Balaban J connectivity index is 1.60. The van der Waals surface area contributed by atoms with Gasteiger partial charge in [-0.3, -0.25) is 0 Å². The second-order valence-corrected chi connectivity index (χ2v) is 9.97. The van der Waals surface area contributed by atoms with Crippen molar-refractivity contribution in [3.8, 4) is 11.1 Å². The van der Waals surface area contributed by atoms with Crippen LogP contribution in [0.2, 0.25) is 0 Å². The minimum Gasteiger partial charge on any atom is -0.423 e. The molecule has 0 bridgehead atoms. The van der Waals surface area contributed by atoms with E-state index in [-0.39, 0.29) is 0 Å². The molecule has 0 aliphatic rings. The Morgan fingerprint density at radius 3 is 1.75 bits per heavy atom. The SMILES string of the molecule is OB(O)c1ccccc1N(c1ccc(-c2ccccc2)c2ccccc12)c1cc2ccccc2c2ccccc12. The average molecular weight is 515 g/mol. The standard InChI is InChI=1S/C36H26BNO2/c39-37(40)33-20-10-11-21-35(33)38(36-24-26-14-4-5-15-27(26)29-16-7-9-19-32(29)36)34-23-22-28(25-12-2-1-3-13-25)30-17-6-8-18-31(30)34/h1-24,39-40H. The van der Waals surface area contributed by atoms with Crippen molar-refractivity contribution in [3.05, 3.63) is 146 Å². The fraction of sp³-hybridized carbons (Fsp3) is 0. The van der Waals surface area contributed by atoms with Crippen LogP contribution in [0.3, 0.4) is 0 Å². The molecule has 7 aromatic carbocycles. The van der Waals surface area contributed by atoms with E-state index in [9.17, 15) is 10.0 Å². The lowest BCUT2D eigenvalue weighted by atomic mass is 9.78. The van der Waals surface area contributed by atoms with Crippen LogP contribution in [-0.4, -0.2) is 17.2 Å². The lowest BCUT2D eigenvalue weighted by molar-refractivity contribution is 0.426. The van der Waals surface area contributed by atoms with Crippen LogP contribution in [0.15, 0.2) is 146 Å². The monoisotopic (exact) mass is 515 g/mol. The first-order chi connectivity index (χ1) is 19.7. The van der Waals surface area contributed by atoms with E-state index >= 15 is 0 Å². The van der Waals surface area contributed by atoms with Gasteiger partial charge in [0, 0.05) is 21.9 Å². The summed E-state index contributed by atoms with van der Waals surface area (Å²) in [4.78, 5) is 2.18. The summed E-state index contributed by atoms with van der Waals surface area (Å²) in [5, 5.41) is 27.7. The summed E-state index contributed by atoms with van der Waals surface area (Å²) < 4.78 is 0. The molecular formula is C36H26BNO2. The molecule has 0 spiro atoms. The zero-order valence-corrected chi connectivity index (χ0v) is 21.8. The summed E-state index contributed by atoms with van der Waals surface area (Å²) in [6.45, 7) is 0. The van der Waals surface area contributed by atoms with E-state index < -0.39 is 7.12 Å². The van der Waals surface area contributed by atoms with Gasteiger partial charge in [-0.1, -0.05) is 127 Å².